The molecule has 0 saturated carbocycles. The van der Waals surface area contributed by atoms with Crippen LogP contribution in [0.3, 0.4) is 0 Å². The number of nitrogens with zero attached hydrogens (tertiary/aromatic N) is 1. The van der Waals surface area contributed by atoms with Crippen LogP contribution in [0.1, 0.15) is 13.8 Å². The molecule has 0 aromatic heterocycles. The Kier molecular flexibility index (Phi) is 7.78. The molecule has 6 nitrogen and oxygen atoms in total. The van der Waals surface area contributed by atoms with Gasteiger partial charge in [0.05, 0.1) is 6.61 Å². The molecule has 0 radical (unpaired) electrons. The SMILES string of the molecule is C=CCN(CCOC)C(=O)N[C@H](C(=O)O)C(C)C. The molecule has 0 bridgehead atoms. The predicted octanol–water partition coefficient (Wildman–Crippen LogP) is 0.940. The number of carboxylic acid groups (broad SMARTS) is 1. The zero-order valence-corrected chi connectivity index (χ0v) is 11.2. The Morgan fingerprint density at radius 1 is 1.50 bits per heavy atom. The molecule has 0 rings (SSSR count). The van der Waals surface area contributed by atoms with Crippen molar-refractivity contribution in [2.45, 2.75) is 19.9 Å². The smallest absolute Gasteiger partial charge is 0.326 e. The van der Waals surface area contributed by atoms with Crippen molar-refractivity contribution in [3.63, 3.8) is 0 Å². The fourth-order valence-electron chi connectivity index (χ4n) is 1.37. The number of rotatable bonds is 8. The van der Waals surface area contributed by atoms with Gasteiger partial charge in [0.15, 0.2) is 0 Å². The summed E-state index contributed by atoms with van der Waals surface area (Å²) in [7, 11) is 1.54. The third-order valence-corrected chi connectivity index (χ3v) is 2.41. The van der Waals surface area contributed by atoms with Crippen LogP contribution >= 0.6 is 0 Å². The molecule has 0 spiro atoms. The Morgan fingerprint density at radius 3 is 2.50 bits per heavy atom. The number of aliphatic carboxylic acids is 1. The van der Waals surface area contributed by atoms with Gasteiger partial charge in [0.25, 0.3) is 0 Å². The highest BCUT2D eigenvalue weighted by molar-refractivity contribution is 5.82. The fraction of sp³-hybridized carbons (Fsp3) is 0.667. The number of hydrogen-bond acceptors (Lipinski definition) is 3. The lowest BCUT2D eigenvalue weighted by Crippen LogP contribution is -2.50. The lowest BCUT2D eigenvalue weighted by Gasteiger charge is -2.25. The van der Waals surface area contributed by atoms with Gasteiger partial charge in [-0.05, 0) is 5.92 Å². The highest BCUT2D eigenvalue weighted by atomic mass is 16.5. The average Bonchev–Trinajstić information content (AvgIpc) is 2.30. The molecule has 6 heteroatoms. The van der Waals surface area contributed by atoms with E-state index < -0.39 is 18.0 Å². The van der Waals surface area contributed by atoms with Crippen LogP contribution in [0.5, 0.6) is 0 Å². The summed E-state index contributed by atoms with van der Waals surface area (Å²) in [6, 6.07) is -1.32. The Morgan fingerprint density at radius 2 is 2.11 bits per heavy atom. The number of ether oxygens (including phenoxy) is 1. The van der Waals surface area contributed by atoms with E-state index in [-0.39, 0.29) is 5.92 Å². The normalized spacial score (nSPS) is 12.0. The first-order valence-electron chi connectivity index (χ1n) is 5.82. The summed E-state index contributed by atoms with van der Waals surface area (Å²) in [6.07, 6.45) is 1.58. The second-order valence-corrected chi connectivity index (χ2v) is 4.24. The molecule has 2 amide bonds. The first-order valence-corrected chi connectivity index (χ1v) is 5.82. The Balaban J connectivity index is 4.55. The maximum Gasteiger partial charge on any atom is 0.326 e. The van der Waals surface area contributed by atoms with Crippen LogP contribution in [0.2, 0.25) is 0 Å². The van der Waals surface area contributed by atoms with E-state index in [1.807, 2.05) is 0 Å². The summed E-state index contributed by atoms with van der Waals surface area (Å²) in [4.78, 5) is 24.4. The fourth-order valence-corrected chi connectivity index (χ4v) is 1.37. The summed E-state index contributed by atoms with van der Waals surface area (Å²) >= 11 is 0. The van der Waals surface area contributed by atoms with Gasteiger partial charge in [0, 0.05) is 20.2 Å². The predicted molar refractivity (Wildman–Crippen MR) is 68.4 cm³/mol. The van der Waals surface area contributed by atoms with Gasteiger partial charge in [-0.15, -0.1) is 6.58 Å². The van der Waals surface area contributed by atoms with Crippen molar-refractivity contribution in [1.82, 2.24) is 10.2 Å². The second kappa shape index (κ2) is 8.52. The summed E-state index contributed by atoms with van der Waals surface area (Å²) in [6.45, 7) is 8.17. The van der Waals surface area contributed by atoms with Crippen LogP contribution in [0.25, 0.3) is 0 Å². The Hall–Kier alpha value is -1.56. The third-order valence-electron chi connectivity index (χ3n) is 2.41. The lowest BCUT2D eigenvalue weighted by molar-refractivity contribution is -0.140. The molecular formula is C12H22N2O4. The standard InChI is InChI=1S/C12H22N2O4/c1-5-6-14(7-8-18-4)12(17)13-10(9(2)3)11(15)16/h5,9-10H,1,6-8H2,2-4H3,(H,13,17)(H,15,16)/t10-/m0/s1. The van der Waals surface area contributed by atoms with Gasteiger partial charge < -0.3 is 20.1 Å². The largest absolute Gasteiger partial charge is 0.480 e. The molecule has 104 valence electrons. The lowest BCUT2D eigenvalue weighted by atomic mass is 10.1. The van der Waals surface area contributed by atoms with Crippen molar-refractivity contribution in [3.05, 3.63) is 12.7 Å². The zero-order chi connectivity index (χ0) is 14.1. The monoisotopic (exact) mass is 258 g/mol. The summed E-state index contributed by atoms with van der Waals surface area (Å²) in [5.74, 6) is -1.22. The van der Waals surface area contributed by atoms with Crippen LogP contribution in [-0.2, 0) is 9.53 Å². The molecule has 0 aromatic rings. The molecule has 0 saturated heterocycles. The van der Waals surface area contributed by atoms with Crippen LogP contribution in [-0.4, -0.2) is 54.9 Å². The molecule has 0 aliphatic rings. The van der Waals surface area contributed by atoms with Gasteiger partial charge in [-0.25, -0.2) is 9.59 Å². The van der Waals surface area contributed by atoms with Gasteiger partial charge in [-0.1, -0.05) is 19.9 Å². The topological polar surface area (TPSA) is 78.9 Å². The zero-order valence-electron chi connectivity index (χ0n) is 11.2. The van der Waals surface area contributed by atoms with E-state index in [1.54, 1.807) is 19.9 Å². The molecule has 0 aromatic carbocycles. The highest BCUT2D eigenvalue weighted by Crippen LogP contribution is 2.03. The van der Waals surface area contributed by atoms with Crippen LogP contribution < -0.4 is 5.32 Å². The van der Waals surface area contributed by atoms with Crippen molar-refractivity contribution in [2.75, 3.05) is 26.8 Å². The first-order chi connectivity index (χ1) is 8.43. The number of carbonyl (C=O) groups is 2. The molecular weight excluding hydrogens is 236 g/mol. The van der Waals surface area contributed by atoms with Crippen molar-refractivity contribution in [2.24, 2.45) is 5.92 Å². The minimum atomic E-state index is -1.04. The minimum absolute atomic E-state index is 0.181. The van der Waals surface area contributed by atoms with Gasteiger partial charge in [0.1, 0.15) is 6.04 Å². The van der Waals surface area contributed by atoms with Crippen molar-refractivity contribution < 1.29 is 19.4 Å². The number of amides is 2. The van der Waals surface area contributed by atoms with Gasteiger partial charge in [0.2, 0.25) is 0 Å². The Bertz CT molecular complexity index is 292. The van der Waals surface area contributed by atoms with Gasteiger partial charge in [-0.3, -0.25) is 0 Å². The maximum absolute atomic E-state index is 11.9. The van der Waals surface area contributed by atoms with Crippen molar-refractivity contribution in [1.29, 1.82) is 0 Å². The molecule has 0 heterocycles. The van der Waals surface area contributed by atoms with Crippen LogP contribution in [0.15, 0.2) is 12.7 Å². The summed E-state index contributed by atoms with van der Waals surface area (Å²) in [5.41, 5.74) is 0. The van der Waals surface area contributed by atoms with E-state index in [0.717, 1.165) is 0 Å². The Labute approximate surface area is 108 Å². The average molecular weight is 258 g/mol. The maximum atomic E-state index is 11.9. The van der Waals surface area contributed by atoms with E-state index in [4.69, 9.17) is 9.84 Å². The van der Waals surface area contributed by atoms with E-state index >= 15 is 0 Å². The number of methoxy groups -OCH3 is 1. The number of carbonyl (C=O) groups excluding carboxylic acids is 1. The molecule has 1 atom stereocenters. The third kappa shape index (κ3) is 5.67. The quantitative estimate of drug-likeness (QED) is 0.635. The highest BCUT2D eigenvalue weighted by Gasteiger charge is 2.25. The molecule has 0 fully saturated rings. The molecule has 2 N–H and O–H groups in total. The number of carboxylic acids is 1. The molecule has 18 heavy (non-hydrogen) atoms. The van der Waals surface area contributed by atoms with Crippen LogP contribution in [0.4, 0.5) is 4.79 Å². The minimum Gasteiger partial charge on any atom is -0.480 e. The molecule has 0 aliphatic heterocycles. The number of hydrogen-bond donors (Lipinski definition) is 2. The molecule has 0 unspecified atom stereocenters. The van der Waals surface area contributed by atoms with E-state index in [9.17, 15) is 9.59 Å². The van der Waals surface area contributed by atoms with Crippen molar-refractivity contribution in [3.8, 4) is 0 Å². The summed E-state index contributed by atoms with van der Waals surface area (Å²) < 4.78 is 4.90. The van der Waals surface area contributed by atoms with Crippen LogP contribution in [0, 0.1) is 5.92 Å². The second-order valence-electron chi connectivity index (χ2n) is 4.24. The van der Waals surface area contributed by atoms with E-state index in [1.165, 1.54) is 12.0 Å². The number of urea groups is 1. The van der Waals surface area contributed by atoms with E-state index in [2.05, 4.69) is 11.9 Å². The van der Waals surface area contributed by atoms with Gasteiger partial charge >= 0.3 is 12.0 Å². The summed E-state index contributed by atoms with van der Waals surface area (Å²) in [5, 5.41) is 11.5. The van der Waals surface area contributed by atoms with Crippen molar-refractivity contribution >= 4 is 12.0 Å². The first kappa shape index (κ1) is 16.4. The van der Waals surface area contributed by atoms with E-state index in [0.29, 0.717) is 19.7 Å². The number of nitrogens with one attached hydrogen (secondary N) is 1. The molecule has 0 aliphatic carbocycles. The van der Waals surface area contributed by atoms with Gasteiger partial charge in [-0.2, -0.15) is 0 Å².